The highest BCUT2D eigenvalue weighted by Gasteiger charge is 2.27. The molecule has 4 rings (SSSR count). The Labute approximate surface area is 175 Å². The van der Waals surface area contributed by atoms with Crippen molar-refractivity contribution in [2.24, 2.45) is 5.92 Å². The van der Waals surface area contributed by atoms with E-state index in [-0.39, 0.29) is 24.4 Å². The molecule has 2 aromatic heterocycles. The van der Waals surface area contributed by atoms with Gasteiger partial charge in [-0.25, -0.2) is 9.67 Å². The quantitative estimate of drug-likeness (QED) is 0.579. The van der Waals surface area contributed by atoms with Crippen molar-refractivity contribution in [3.63, 3.8) is 0 Å². The van der Waals surface area contributed by atoms with Gasteiger partial charge in [0.1, 0.15) is 0 Å². The molecule has 8 heteroatoms. The minimum Gasteiger partial charge on any atom is -0.389 e. The second-order valence-corrected chi connectivity index (χ2v) is 8.58. The zero-order chi connectivity index (χ0) is 21.1. The number of aliphatic hydroxyl groups is 1. The summed E-state index contributed by atoms with van der Waals surface area (Å²) in [5.74, 6) is 1.31. The first-order chi connectivity index (χ1) is 14.4. The number of fused-ring (bicyclic) bond motifs is 1. The van der Waals surface area contributed by atoms with Crippen LogP contribution in [0.15, 0.2) is 42.7 Å². The summed E-state index contributed by atoms with van der Waals surface area (Å²) in [5, 5.41) is 21.6. The molecule has 1 fully saturated rings. The Bertz CT molecular complexity index is 1020. The number of para-hydroxylation sites is 1. The smallest absolute Gasteiger partial charge is 0.224 e. The maximum absolute atomic E-state index is 12.3. The number of benzene rings is 1. The van der Waals surface area contributed by atoms with Gasteiger partial charge >= 0.3 is 0 Å². The van der Waals surface area contributed by atoms with Crippen molar-refractivity contribution in [1.29, 1.82) is 0 Å². The maximum atomic E-state index is 12.3. The lowest BCUT2D eigenvalue weighted by Crippen LogP contribution is -2.42. The molecule has 1 aliphatic rings. The number of nitrogens with zero attached hydrogens (tertiary/aromatic N) is 4. The van der Waals surface area contributed by atoms with Crippen LogP contribution in [0, 0.1) is 5.92 Å². The number of hydrogen-bond donors (Lipinski definition) is 3. The molecule has 158 valence electrons. The second-order valence-electron chi connectivity index (χ2n) is 8.58. The Morgan fingerprint density at radius 1 is 1.20 bits per heavy atom. The summed E-state index contributed by atoms with van der Waals surface area (Å²) in [6.07, 6.45) is 6.92. The van der Waals surface area contributed by atoms with Crippen molar-refractivity contribution >= 4 is 22.8 Å². The summed E-state index contributed by atoms with van der Waals surface area (Å²) >= 11 is 0. The van der Waals surface area contributed by atoms with Crippen molar-refractivity contribution in [3.8, 4) is 5.82 Å². The molecule has 30 heavy (non-hydrogen) atoms. The highest BCUT2D eigenvalue weighted by molar-refractivity contribution is 5.80. The van der Waals surface area contributed by atoms with Gasteiger partial charge in [-0.3, -0.25) is 4.79 Å². The summed E-state index contributed by atoms with van der Waals surface area (Å²) in [6, 6.07) is 10.1. The first kappa shape index (κ1) is 20.3. The first-order valence-corrected chi connectivity index (χ1v) is 10.4. The van der Waals surface area contributed by atoms with Crippen LogP contribution in [0.5, 0.6) is 0 Å². The second kappa shape index (κ2) is 8.39. The number of hydrogen-bond acceptors (Lipinski definition) is 6. The van der Waals surface area contributed by atoms with Gasteiger partial charge in [-0.1, -0.05) is 18.2 Å². The molecule has 1 aromatic carbocycles. The highest BCUT2D eigenvalue weighted by atomic mass is 16.3. The van der Waals surface area contributed by atoms with E-state index in [1.54, 1.807) is 20.0 Å². The predicted octanol–water partition coefficient (Wildman–Crippen LogP) is 2.67. The molecular weight excluding hydrogens is 380 g/mol. The monoisotopic (exact) mass is 408 g/mol. The van der Waals surface area contributed by atoms with Crippen LogP contribution in [0.3, 0.4) is 0 Å². The van der Waals surface area contributed by atoms with Gasteiger partial charge in [0, 0.05) is 36.2 Å². The van der Waals surface area contributed by atoms with Crippen molar-refractivity contribution in [2.45, 2.75) is 51.2 Å². The minimum atomic E-state index is -0.892. The molecule has 1 aliphatic carbocycles. The van der Waals surface area contributed by atoms with Crippen molar-refractivity contribution < 1.29 is 9.90 Å². The van der Waals surface area contributed by atoms with E-state index in [1.165, 1.54) is 0 Å². The largest absolute Gasteiger partial charge is 0.389 e. The van der Waals surface area contributed by atoms with Crippen LogP contribution in [0.2, 0.25) is 0 Å². The Morgan fingerprint density at radius 2 is 1.97 bits per heavy atom. The normalized spacial score (nSPS) is 19.6. The van der Waals surface area contributed by atoms with E-state index in [1.807, 2.05) is 41.2 Å². The van der Waals surface area contributed by atoms with Crippen molar-refractivity contribution in [2.75, 3.05) is 11.9 Å². The fraction of sp³-hybridized carbons (Fsp3) is 0.455. The number of amides is 1. The average Bonchev–Trinajstić information content (AvgIpc) is 3.16. The van der Waals surface area contributed by atoms with Crippen LogP contribution >= 0.6 is 0 Å². The molecule has 0 radical (unpaired) electrons. The number of carbonyl (C=O) groups excluding carboxylic acids is 1. The Balaban J connectivity index is 1.36. The van der Waals surface area contributed by atoms with Gasteiger partial charge in [0.2, 0.25) is 11.9 Å². The first-order valence-electron chi connectivity index (χ1n) is 10.4. The number of aromatic nitrogens is 4. The number of carbonyl (C=O) groups is 1. The molecule has 0 bridgehead atoms. The number of anilines is 1. The molecule has 3 N–H and O–H groups in total. The fourth-order valence-corrected chi connectivity index (χ4v) is 3.82. The van der Waals surface area contributed by atoms with Gasteiger partial charge in [0.25, 0.3) is 0 Å². The summed E-state index contributed by atoms with van der Waals surface area (Å²) in [4.78, 5) is 21.3. The third kappa shape index (κ3) is 4.76. The molecule has 1 amide bonds. The molecule has 8 nitrogen and oxygen atoms in total. The fourth-order valence-electron chi connectivity index (χ4n) is 3.82. The van der Waals surface area contributed by atoms with E-state index in [4.69, 9.17) is 0 Å². The van der Waals surface area contributed by atoms with Gasteiger partial charge in [0.05, 0.1) is 17.3 Å². The van der Waals surface area contributed by atoms with Gasteiger partial charge in [0.15, 0.2) is 5.82 Å². The van der Waals surface area contributed by atoms with Crippen molar-refractivity contribution in [3.05, 3.63) is 42.7 Å². The summed E-state index contributed by atoms with van der Waals surface area (Å²) in [6.45, 7) is 3.65. The van der Waals surface area contributed by atoms with Crippen molar-refractivity contribution in [1.82, 2.24) is 25.1 Å². The molecule has 3 aromatic rings. The third-order valence-electron chi connectivity index (χ3n) is 5.46. The van der Waals surface area contributed by atoms with Crippen LogP contribution < -0.4 is 10.6 Å². The number of rotatable bonds is 6. The van der Waals surface area contributed by atoms with Gasteiger partial charge < -0.3 is 15.7 Å². The van der Waals surface area contributed by atoms with E-state index in [0.717, 1.165) is 36.6 Å². The van der Waals surface area contributed by atoms with E-state index in [2.05, 4.69) is 25.7 Å². The third-order valence-corrected chi connectivity index (χ3v) is 5.46. The zero-order valence-corrected chi connectivity index (χ0v) is 17.4. The lowest BCUT2D eigenvalue weighted by molar-refractivity contribution is -0.127. The summed E-state index contributed by atoms with van der Waals surface area (Å²) < 4.78 is 1.81. The highest BCUT2D eigenvalue weighted by Crippen LogP contribution is 2.26. The van der Waals surface area contributed by atoms with Crippen LogP contribution in [-0.2, 0) is 4.79 Å². The molecule has 0 saturated heterocycles. The molecule has 0 atom stereocenters. The predicted molar refractivity (Wildman–Crippen MR) is 115 cm³/mol. The lowest BCUT2D eigenvalue weighted by atomic mass is 9.85. The van der Waals surface area contributed by atoms with Crippen LogP contribution in [0.25, 0.3) is 16.7 Å². The minimum absolute atomic E-state index is 0.00640. The van der Waals surface area contributed by atoms with E-state index >= 15 is 0 Å². The van der Waals surface area contributed by atoms with Gasteiger partial charge in [-0.15, -0.1) is 0 Å². The molecule has 2 heterocycles. The summed E-state index contributed by atoms with van der Waals surface area (Å²) in [5.41, 5.74) is 0.108. The summed E-state index contributed by atoms with van der Waals surface area (Å²) in [7, 11) is 0. The molecule has 0 unspecified atom stereocenters. The zero-order valence-electron chi connectivity index (χ0n) is 17.4. The van der Waals surface area contributed by atoms with Gasteiger partial charge in [-0.05, 0) is 45.6 Å². The lowest BCUT2D eigenvalue weighted by Gasteiger charge is -2.29. The van der Waals surface area contributed by atoms with E-state index in [0.29, 0.717) is 11.8 Å². The SMILES string of the molecule is CC(C)(O)CNC(=O)[C@H]1CC[C@H](Nc2nccc(-n3ncc4ccccc43)n2)CC1. The number of nitrogens with one attached hydrogen (secondary N) is 2. The average molecular weight is 409 g/mol. The standard InChI is InChI=1S/C22H28N6O2/c1-22(2,30)14-24-20(29)15-7-9-17(10-8-15)26-21-23-12-11-19(27-21)28-18-6-4-3-5-16(18)13-25-28/h3-6,11-13,15,17,30H,7-10,14H2,1-2H3,(H,24,29)(H,23,26,27)/t15-,17-. The molecule has 1 saturated carbocycles. The molecule has 0 spiro atoms. The molecular formula is C22H28N6O2. The Kier molecular flexibility index (Phi) is 5.67. The topological polar surface area (TPSA) is 105 Å². The Morgan fingerprint density at radius 3 is 2.73 bits per heavy atom. The van der Waals surface area contributed by atoms with Gasteiger partial charge in [-0.2, -0.15) is 10.1 Å². The van der Waals surface area contributed by atoms with Crippen LogP contribution in [0.4, 0.5) is 5.95 Å². The Hall–Kier alpha value is -3.00. The van der Waals surface area contributed by atoms with E-state index in [9.17, 15) is 9.90 Å². The maximum Gasteiger partial charge on any atom is 0.224 e. The van der Waals surface area contributed by atoms with Crippen LogP contribution in [0.1, 0.15) is 39.5 Å². The molecule has 0 aliphatic heterocycles. The van der Waals surface area contributed by atoms with Crippen LogP contribution in [-0.4, -0.2) is 48.9 Å². The van der Waals surface area contributed by atoms with E-state index < -0.39 is 5.60 Å².